The van der Waals surface area contributed by atoms with Crippen molar-refractivity contribution in [1.82, 2.24) is 4.72 Å². The predicted octanol–water partition coefficient (Wildman–Crippen LogP) is 1.41. The Morgan fingerprint density at radius 2 is 1.91 bits per heavy atom. The molecule has 120 valence electrons. The summed E-state index contributed by atoms with van der Waals surface area (Å²) in [6, 6.07) is 12.5. The minimum Gasteiger partial charge on any atom is -0.506 e. The van der Waals surface area contributed by atoms with Gasteiger partial charge in [0, 0.05) is 6.07 Å². The number of anilines is 1. The maximum atomic E-state index is 12.0. The number of nitrogens with one attached hydrogen (secondary N) is 1. The molecule has 3 rings (SSSR count). The summed E-state index contributed by atoms with van der Waals surface area (Å²) in [5.74, 6) is 0.709. The lowest BCUT2D eigenvalue weighted by Crippen LogP contribution is -2.30. The van der Waals surface area contributed by atoms with Crippen LogP contribution in [-0.2, 0) is 15.0 Å². The number of carbonyl (C=O) groups is 1. The van der Waals surface area contributed by atoms with Crippen LogP contribution in [0.5, 0.6) is 17.2 Å². The topological polar surface area (TPSA) is 95.9 Å². The van der Waals surface area contributed by atoms with Crippen molar-refractivity contribution >= 4 is 22.2 Å². The van der Waals surface area contributed by atoms with E-state index in [1.807, 2.05) is 18.2 Å². The zero-order valence-electron chi connectivity index (χ0n) is 11.9. The number of nitrogens with zero attached hydrogens (tertiary/aromatic N) is 1. The first kappa shape index (κ1) is 15.3. The molecule has 1 fully saturated rings. The van der Waals surface area contributed by atoms with Gasteiger partial charge >= 0.3 is 10.2 Å². The SMILES string of the molecule is O=CC1CN(c2ccc(Oc3ccccc3)cc2O)S(=O)(=O)N1. The molecule has 1 aliphatic heterocycles. The Labute approximate surface area is 133 Å². The highest BCUT2D eigenvalue weighted by molar-refractivity contribution is 7.91. The molecule has 0 saturated carbocycles. The van der Waals surface area contributed by atoms with Gasteiger partial charge in [-0.2, -0.15) is 13.1 Å². The van der Waals surface area contributed by atoms with E-state index >= 15 is 0 Å². The normalized spacial score (nSPS) is 19.5. The molecule has 8 heteroatoms. The van der Waals surface area contributed by atoms with Crippen LogP contribution in [0.15, 0.2) is 48.5 Å². The first-order valence-electron chi connectivity index (χ1n) is 6.81. The molecule has 2 aromatic rings. The molecule has 0 spiro atoms. The van der Waals surface area contributed by atoms with Gasteiger partial charge in [-0.05, 0) is 24.3 Å². The zero-order chi connectivity index (χ0) is 16.4. The smallest absolute Gasteiger partial charge is 0.302 e. The van der Waals surface area contributed by atoms with Crippen LogP contribution >= 0.6 is 0 Å². The number of ether oxygens (including phenoxy) is 1. The number of aromatic hydroxyl groups is 1. The molecule has 1 heterocycles. The molecule has 0 aliphatic carbocycles. The lowest BCUT2D eigenvalue weighted by Gasteiger charge is -2.17. The molecule has 0 bridgehead atoms. The van der Waals surface area contributed by atoms with Gasteiger partial charge in [0.2, 0.25) is 0 Å². The first-order valence-corrected chi connectivity index (χ1v) is 8.25. The maximum Gasteiger partial charge on any atom is 0.302 e. The van der Waals surface area contributed by atoms with Gasteiger partial charge in [-0.1, -0.05) is 18.2 Å². The van der Waals surface area contributed by atoms with Gasteiger partial charge in [-0.25, -0.2) is 0 Å². The number of hydrogen-bond donors (Lipinski definition) is 2. The van der Waals surface area contributed by atoms with E-state index in [0.29, 0.717) is 17.8 Å². The Balaban J connectivity index is 1.87. The van der Waals surface area contributed by atoms with E-state index in [2.05, 4.69) is 4.72 Å². The van der Waals surface area contributed by atoms with Crippen LogP contribution < -0.4 is 13.8 Å². The zero-order valence-corrected chi connectivity index (χ0v) is 12.7. The third-order valence-electron chi connectivity index (χ3n) is 3.31. The van der Waals surface area contributed by atoms with E-state index in [1.165, 1.54) is 12.1 Å². The second kappa shape index (κ2) is 5.90. The highest BCUT2D eigenvalue weighted by Gasteiger charge is 2.36. The third kappa shape index (κ3) is 3.13. The monoisotopic (exact) mass is 334 g/mol. The fraction of sp³-hybridized carbons (Fsp3) is 0.133. The molecule has 0 radical (unpaired) electrons. The third-order valence-corrected chi connectivity index (χ3v) is 4.84. The number of aldehydes is 1. The van der Waals surface area contributed by atoms with Crippen molar-refractivity contribution < 1.29 is 23.1 Å². The number of benzene rings is 2. The summed E-state index contributed by atoms with van der Waals surface area (Å²) in [7, 11) is -3.84. The van der Waals surface area contributed by atoms with Gasteiger partial charge in [-0.15, -0.1) is 0 Å². The summed E-state index contributed by atoms with van der Waals surface area (Å²) in [6.45, 7) is -0.0711. The van der Waals surface area contributed by atoms with E-state index < -0.39 is 16.3 Å². The van der Waals surface area contributed by atoms with Crippen LogP contribution in [0.4, 0.5) is 5.69 Å². The average Bonchev–Trinajstić information content (AvgIpc) is 2.83. The largest absolute Gasteiger partial charge is 0.506 e. The maximum absolute atomic E-state index is 12.0. The second-order valence-corrected chi connectivity index (χ2v) is 6.59. The molecule has 2 N–H and O–H groups in total. The summed E-state index contributed by atoms with van der Waals surface area (Å²) in [4.78, 5) is 10.8. The minimum absolute atomic E-state index is 0.0711. The first-order chi connectivity index (χ1) is 11.0. The molecule has 1 aliphatic rings. The van der Waals surface area contributed by atoms with Crippen molar-refractivity contribution in [3.63, 3.8) is 0 Å². The number of phenolic OH excluding ortho intramolecular Hbond substituents is 1. The molecular weight excluding hydrogens is 320 g/mol. The van der Waals surface area contributed by atoms with Crippen LogP contribution in [0.25, 0.3) is 0 Å². The molecule has 1 unspecified atom stereocenters. The summed E-state index contributed by atoms with van der Waals surface area (Å²) < 4.78 is 32.7. The van der Waals surface area contributed by atoms with Crippen molar-refractivity contribution in [3.8, 4) is 17.2 Å². The number of carbonyl (C=O) groups excluding carboxylic acids is 1. The summed E-state index contributed by atoms with van der Waals surface area (Å²) in [5, 5.41) is 10.1. The highest BCUT2D eigenvalue weighted by atomic mass is 32.2. The number of hydrogen-bond acceptors (Lipinski definition) is 5. The molecule has 23 heavy (non-hydrogen) atoms. The van der Waals surface area contributed by atoms with E-state index in [-0.39, 0.29) is 18.0 Å². The van der Waals surface area contributed by atoms with Gasteiger partial charge in [0.25, 0.3) is 0 Å². The Morgan fingerprint density at radius 1 is 1.17 bits per heavy atom. The van der Waals surface area contributed by atoms with Gasteiger partial charge in [-0.3, -0.25) is 4.31 Å². The van der Waals surface area contributed by atoms with Crippen molar-refractivity contribution in [3.05, 3.63) is 48.5 Å². The Morgan fingerprint density at radius 3 is 2.52 bits per heavy atom. The van der Waals surface area contributed by atoms with Gasteiger partial charge in [0.1, 0.15) is 23.5 Å². The molecular formula is C15H14N2O5S. The lowest BCUT2D eigenvalue weighted by atomic mass is 10.2. The van der Waals surface area contributed by atoms with E-state index in [1.54, 1.807) is 18.2 Å². The van der Waals surface area contributed by atoms with Crippen LogP contribution in [-0.4, -0.2) is 32.4 Å². The van der Waals surface area contributed by atoms with Gasteiger partial charge in [0.15, 0.2) is 0 Å². The van der Waals surface area contributed by atoms with E-state index in [9.17, 15) is 18.3 Å². The second-order valence-electron chi connectivity index (χ2n) is 4.96. The standard InChI is InChI=1S/C15H14N2O5S/c18-10-11-9-17(23(20,21)16-11)14-7-6-13(8-15(14)19)22-12-4-2-1-3-5-12/h1-8,10-11,16,19H,9H2. The minimum atomic E-state index is -3.84. The van der Waals surface area contributed by atoms with Crippen molar-refractivity contribution in [2.24, 2.45) is 0 Å². The number of rotatable bonds is 4. The Bertz CT molecular complexity index is 823. The molecule has 1 atom stereocenters. The fourth-order valence-corrected chi connectivity index (χ4v) is 3.68. The highest BCUT2D eigenvalue weighted by Crippen LogP contribution is 2.35. The van der Waals surface area contributed by atoms with E-state index in [0.717, 1.165) is 4.31 Å². The predicted molar refractivity (Wildman–Crippen MR) is 83.9 cm³/mol. The molecule has 2 aromatic carbocycles. The molecule has 0 amide bonds. The summed E-state index contributed by atoms with van der Waals surface area (Å²) >= 11 is 0. The van der Waals surface area contributed by atoms with Crippen LogP contribution in [0.1, 0.15) is 0 Å². The van der Waals surface area contributed by atoms with Crippen LogP contribution in [0.3, 0.4) is 0 Å². The van der Waals surface area contributed by atoms with Gasteiger partial charge < -0.3 is 14.6 Å². The van der Waals surface area contributed by atoms with Crippen molar-refractivity contribution in [2.75, 3.05) is 10.8 Å². The fourth-order valence-electron chi connectivity index (χ4n) is 2.27. The summed E-state index contributed by atoms with van der Waals surface area (Å²) in [5.41, 5.74) is 0.0854. The Hall–Kier alpha value is -2.58. The quantitative estimate of drug-likeness (QED) is 0.824. The number of para-hydroxylation sites is 1. The Kier molecular flexibility index (Phi) is 3.93. The summed E-state index contributed by atoms with van der Waals surface area (Å²) in [6.07, 6.45) is 0.515. The number of phenols is 1. The van der Waals surface area contributed by atoms with Crippen molar-refractivity contribution in [2.45, 2.75) is 6.04 Å². The van der Waals surface area contributed by atoms with E-state index in [4.69, 9.17) is 4.74 Å². The molecule has 0 aromatic heterocycles. The lowest BCUT2D eigenvalue weighted by molar-refractivity contribution is -0.108. The molecule has 7 nitrogen and oxygen atoms in total. The van der Waals surface area contributed by atoms with Gasteiger partial charge in [0.05, 0.1) is 18.3 Å². The van der Waals surface area contributed by atoms with Crippen molar-refractivity contribution in [1.29, 1.82) is 0 Å². The van der Waals surface area contributed by atoms with Crippen LogP contribution in [0.2, 0.25) is 0 Å². The van der Waals surface area contributed by atoms with Crippen LogP contribution in [0, 0.1) is 0 Å². The molecule has 1 saturated heterocycles. The average molecular weight is 334 g/mol.